The van der Waals surface area contributed by atoms with Crippen LogP contribution in [0.25, 0.3) is 0 Å². The van der Waals surface area contributed by atoms with Crippen LogP contribution in [0.2, 0.25) is 0 Å². The standard InChI is InChI=1S/C16H20N4O4S/c1-3-5-12-18-15(24-19-12)10(2)23-14(22)8-11-9-25-16(17-11)20-7-4-6-13(20)21/h9-10H,3-8H2,1-2H3. The first kappa shape index (κ1) is 17.5. The van der Waals surface area contributed by atoms with Crippen LogP contribution in [0.3, 0.4) is 0 Å². The summed E-state index contributed by atoms with van der Waals surface area (Å²) in [7, 11) is 0. The first-order valence-corrected chi connectivity index (χ1v) is 9.21. The molecule has 134 valence electrons. The summed E-state index contributed by atoms with van der Waals surface area (Å²) in [6, 6.07) is 0. The van der Waals surface area contributed by atoms with E-state index in [1.54, 1.807) is 17.2 Å². The Morgan fingerprint density at radius 1 is 1.48 bits per heavy atom. The first-order chi connectivity index (χ1) is 12.1. The van der Waals surface area contributed by atoms with Gasteiger partial charge in [-0.15, -0.1) is 11.3 Å². The molecule has 0 N–H and O–H groups in total. The predicted molar refractivity (Wildman–Crippen MR) is 90.2 cm³/mol. The second-order valence-electron chi connectivity index (χ2n) is 5.88. The molecule has 9 heteroatoms. The molecule has 0 aromatic carbocycles. The molecule has 1 unspecified atom stereocenters. The monoisotopic (exact) mass is 364 g/mol. The smallest absolute Gasteiger partial charge is 0.312 e. The van der Waals surface area contributed by atoms with Crippen LogP contribution in [-0.2, 0) is 27.2 Å². The fourth-order valence-electron chi connectivity index (χ4n) is 2.55. The van der Waals surface area contributed by atoms with Crippen molar-refractivity contribution in [3.05, 3.63) is 22.8 Å². The molecule has 0 radical (unpaired) electrons. The summed E-state index contributed by atoms with van der Waals surface area (Å²) < 4.78 is 10.5. The Bertz CT molecular complexity index is 757. The van der Waals surface area contributed by atoms with Crippen molar-refractivity contribution >= 4 is 28.3 Å². The molecule has 2 aromatic heterocycles. The normalized spacial score (nSPS) is 15.6. The Balaban J connectivity index is 1.55. The minimum absolute atomic E-state index is 0.0405. The number of thiazole rings is 1. The van der Waals surface area contributed by atoms with E-state index in [2.05, 4.69) is 15.1 Å². The maximum atomic E-state index is 12.1. The van der Waals surface area contributed by atoms with Gasteiger partial charge in [0.25, 0.3) is 5.89 Å². The van der Waals surface area contributed by atoms with E-state index < -0.39 is 12.1 Å². The molecule has 1 saturated heterocycles. The molecule has 0 spiro atoms. The van der Waals surface area contributed by atoms with Crippen molar-refractivity contribution in [2.75, 3.05) is 11.4 Å². The first-order valence-electron chi connectivity index (χ1n) is 8.33. The van der Waals surface area contributed by atoms with Crippen molar-refractivity contribution in [1.82, 2.24) is 15.1 Å². The van der Waals surface area contributed by atoms with Gasteiger partial charge in [0.15, 0.2) is 17.1 Å². The van der Waals surface area contributed by atoms with Crippen LogP contribution in [0.1, 0.15) is 56.6 Å². The minimum atomic E-state index is -0.608. The number of anilines is 1. The zero-order valence-corrected chi connectivity index (χ0v) is 15.0. The number of amides is 1. The number of aryl methyl sites for hydroxylation is 1. The Labute approximate surface area is 149 Å². The second kappa shape index (κ2) is 7.73. The number of carbonyl (C=O) groups is 2. The fraction of sp³-hybridized carbons (Fsp3) is 0.562. The van der Waals surface area contributed by atoms with Crippen LogP contribution < -0.4 is 4.90 Å². The molecule has 0 saturated carbocycles. The molecule has 0 aliphatic carbocycles. The van der Waals surface area contributed by atoms with Gasteiger partial charge >= 0.3 is 5.97 Å². The zero-order valence-electron chi connectivity index (χ0n) is 14.2. The van der Waals surface area contributed by atoms with Crippen molar-refractivity contribution < 1.29 is 18.8 Å². The van der Waals surface area contributed by atoms with E-state index in [9.17, 15) is 9.59 Å². The third-order valence-electron chi connectivity index (χ3n) is 3.78. The van der Waals surface area contributed by atoms with Gasteiger partial charge in [-0.05, 0) is 19.8 Å². The van der Waals surface area contributed by atoms with Gasteiger partial charge in [-0.3, -0.25) is 14.5 Å². The lowest BCUT2D eigenvalue weighted by molar-refractivity contribution is -0.149. The Morgan fingerprint density at radius 2 is 2.32 bits per heavy atom. The molecule has 3 rings (SSSR count). The van der Waals surface area contributed by atoms with Crippen molar-refractivity contribution in [2.24, 2.45) is 0 Å². The molecule has 25 heavy (non-hydrogen) atoms. The van der Waals surface area contributed by atoms with Crippen molar-refractivity contribution in [2.45, 2.75) is 52.1 Å². The topological polar surface area (TPSA) is 98.4 Å². The second-order valence-corrected chi connectivity index (χ2v) is 6.71. The van der Waals surface area contributed by atoms with E-state index in [0.29, 0.717) is 35.5 Å². The maximum Gasteiger partial charge on any atom is 0.312 e. The lowest BCUT2D eigenvalue weighted by Crippen LogP contribution is -2.23. The van der Waals surface area contributed by atoms with Crippen molar-refractivity contribution in [1.29, 1.82) is 0 Å². The largest absolute Gasteiger partial charge is 0.452 e. The SMILES string of the molecule is CCCc1noc(C(C)OC(=O)Cc2csc(N3CCCC3=O)n2)n1. The third-order valence-corrected chi connectivity index (χ3v) is 4.70. The summed E-state index contributed by atoms with van der Waals surface area (Å²) in [6.07, 6.45) is 2.47. The Morgan fingerprint density at radius 3 is 3.04 bits per heavy atom. The van der Waals surface area contributed by atoms with E-state index in [1.807, 2.05) is 6.92 Å². The van der Waals surface area contributed by atoms with E-state index >= 15 is 0 Å². The average Bonchev–Trinajstić information content (AvgIpc) is 3.28. The van der Waals surface area contributed by atoms with Crippen molar-refractivity contribution in [3.63, 3.8) is 0 Å². The van der Waals surface area contributed by atoms with Gasteiger partial charge < -0.3 is 9.26 Å². The van der Waals surface area contributed by atoms with Gasteiger partial charge in [0.1, 0.15) is 0 Å². The van der Waals surface area contributed by atoms with Gasteiger partial charge in [0.2, 0.25) is 5.91 Å². The fourth-order valence-corrected chi connectivity index (χ4v) is 3.41. The molecular formula is C16H20N4O4S. The van der Waals surface area contributed by atoms with Gasteiger partial charge in [-0.2, -0.15) is 4.98 Å². The summed E-state index contributed by atoms with van der Waals surface area (Å²) >= 11 is 1.36. The number of ether oxygens (including phenoxy) is 1. The summed E-state index contributed by atoms with van der Waals surface area (Å²) in [5.41, 5.74) is 0.592. The highest BCUT2D eigenvalue weighted by Crippen LogP contribution is 2.26. The number of esters is 1. The lowest BCUT2D eigenvalue weighted by Gasteiger charge is -2.10. The average molecular weight is 364 g/mol. The van der Waals surface area contributed by atoms with Gasteiger partial charge in [0.05, 0.1) is 12.1 Å². The Hall–Kier alpha value is -2.29. The Kier molecular flexibility index (Phi) is 5.42. The summed E-state index contributed by atoms with van der Waals surface area (Å²) in [5, 5.41) is 6.26. The van der Waals surface area contributed by atoms with Crippen LogP contribution in [0.4, 0.5) is 5.13 Å². The van der Waals surface area contributed by atoms with Gasteiger partial charge in [0, 0.05) is 24.8 Å². The summed E-state index contributed by atoms with van der Waals surface area (Å²) in [6.45, 7) is 4.40. The lowest BCUT2D eigenvalue weighted by atomic mass is 10.3. The number of nitrogens with zero attached hydrogens (tertiary/aromatic N) is 4. The van der Waals surface area contributed by atoms with E-state index in [0.717, 1.165) is 19.3 Å². The molecule has 1 aliphatic rings. The van der Waals surface area contributed by atoms with Gasteiger partial charge in [-0.1, -0.05) is 12.1 Å². The van der Waals surface area contributed by atoms with E-state index in [-0.39, 0.29) is 12.3 Å². The quantitative estimate of drug-likeness (QED) is 0.696. The molecule has 1 amide bonds. The molecule has 3 heterocycles. The van der Waals surface area contributed by atoms with E-state index in [1.165, 1.54) is 11.3 Å². The number of rotatable bonds is 7. The highest BCUT2D eigenvalue weighted by atomic mass is 32.1. The summed E-state index contributed by atoms with van der Waals surface area (Å²) in [4.78, 5) is 34.1. The van der Waals surface area contributed by atoms with Crippen LogP contribution in [0, 0.1) is 0 Å². The third kappa shape index (κ3) is 4.22. The molecule has 0 bridgehead atoms. The number of carbonyl (C=O) groups excluding carboxylic acids is 2. The van der Waals surface area contributed by atoms with Crippen molar-refractivity contribution in [3.8, 4) is 0 Å². The molecule has 1 atom stereocenters. The molecule has 8 nitrogen and oxygen atoms in total. The van der Waals surface area contributed by atoms with Crippen LogP contribution in [-0.4, -0.2) is 33.5 Å². The summed E-state index contributed by atoms with van der Waals surface area (Å²) in [5.74, 6) is 0.557. The number of hydrogen-bond donors (Lipinski definition) is 0. The number of hydrogen-bond acceptors (Lipinski definition) is 8. The van der Waals surface area contributed by atoms with Crippen LogP contribution in [0.15, 0.2) is 9.90 Å². The van der Waals surface area contributed by atoms with E-state index in [4.69, 9.17) is 9.26 Å². The van der Waals surface area contributed by atoms with Gasteiger partial charge in [-0.25, -0.2) is 4.98 Å². The molecule has 2 aromatic rings. The van der Waals surface area contributed by atoms with Crippen LogP contribution >= 0.6 is 11.3 Å². The minimum Gasteiger partial charge on any atom is -0.452 e. The highest BCUT2D eigenvalue weighted by molar-refractivity contribution is 7.14. The molecule has 1 aliphatic heterocycles. The predicted octanol–water partition coefficient (Wildman–Crippen LogP) is 2.45. The zero-order chi connectivity index (χ0) is 17.8. The highest BCUT2D eigenvalue weighted by Gasteiger charge is 2.25. The maximum absolute atomic E-state index is 12.1. The van der Waals surface area contributed by atoms with Crippen LogP contribution in [0.5, 0.6) is 0 Å². The molecule has 1 fully saturated rings. The number of aromatic nitrogens is 3. The molecular weight excluding hydrogens is 344 g/mol.